The van der Waals surface area contributed by atoms with Crippen molar-refractivity contribution in [3.05, 3.63) is 35.4 Å². The van der Waals surface area contributed by atoms with E-state index in [2.05, 4.69) is 20.9 Å². The number of carbonyl (C=O) groups is 2. The van der Waals surface area contributed by atoms with Gasteiger partial charge in [0.1, 0.15) is 11.6 Å². The molecule has 0 saturated carbocycles. The Balaban J connectivity index is 0.00000300. The third-order valence-electron chi connectivity index (χ3n) is 5.32. The predicted octanol–water partition coefficient (Wildman–Crippen LogP) is 1.58. The average Bonchev–Trinajstić information content (AvgIpc) is 3.19. The van der Waals surface area contributed by atoms with E-state index in [4.69, 9.17) is 0 Å². The van der Waals surface area contributed by atoms with Gasteiger partial charge in [-0.05, 0) is 62.4 Å². The van der Waals surface area contributed by atoms with Crippen LogP contribution < -0.4 is 16.0 Å². The van der Waals surface area contributed by atoms with Gasteiger partial charge in [-0.25, -0.2) is 8.78 Å². The van der Waals surface area contributed by atoms with Gasteiger partial charge in [-0.2, -0.15) is 0 Å². The zero-order chi connectivity index (χ0) is 19.9. The molecule has 2 heterocycles. The van der Waals surface area contributed by atoms with Gasteiger partial charge in [0.15, 0.2) is 0 Å². The van der Waals surface area contributed by atoms with E-state index in [1.807, 2.05) is 0 Å². The average molecular weight is 431 g/mol. The maximum atomic E-state index is 13.2. The van der Waals surface area contributed by atoms with Crippen LogP contribution in [-0.2, 0) is 16.1 Å². The van der Waals surface area contributed by atoms with Gasteiger partial charge in [0.05, 0.1) is 12.6 Å². The second kappa shape index (κ2) is 11.4. The fourth-order valence-electron chi connectivity index (χ4n) is 3.91. The van der Waals surface area contributed by atoms with Gasteiger partial charge in [0.25, 0.3) is 0 Å². The second-order valence-corrected chi connectivity index (χ2v) is 7.69. The number of piperidine rings is 1. The molecule has 2 aliphatic heterocycles. The van der Waals surface area contributed by atoms with Crippen LogP contribution >= 0.6 is 12.4 Å². The molecule has 29 heavy (non-hydrogen) atoms. The van der Waals surface area contributed by atoms with E-state index in [1.54, 1.807) is 0 Å². The van der Waals surface area contributed by atoms with Crippen molar-refractivity contribution in [1.29, 1.82) is 0 Å². The molecule has 2 atom stereocenters. The van der Waals surface area contributed by atoms with Crippen molar-refractivity contribution in [2.24, 2.45) is 5.92 Å². The Morgan fingerprint density at radius 2 is 1.86 bits per heavy atom. The Bertz CT molecular complexity index is 681. The molecule has 0 spiro atoms. The molecule has 2 saturated heterocycles. The van der Waals surface area contributed by atoms with Gasteiger partial charge in [-0.3, -0.25) is 14.5 Å². The molecule has 2 aliphatic rings. The van der Waals surface area contributed by atoms with Crippen LogP contribution in [-0.4, -0.2) is 55.5 Å². The first kappa shape index (κ1) is 23.5. The maximum absolute atomic E-state index is 13.2. The number of nitrogens with one attached hydrogen (secondary N) is 3. The Labute approximate surface area is 176 Å². The topological polar surface area (TPSA) is 73.5 Å². The van der Waals surface area contributed by atoms with Gasteiger partial charge in [-0.1, -0.05) is 0 Å². The fourth-order valence-corrected chi connectivity index (χ4v) is 3.91. The number of rotatable bonds is 7. The molecular formula is C20H29ClF2N4O2. The Morgan fingerprint density at radius 1 is 1.10 bits per heavy atom. The fraction of sp³-hybridized carbons (Fsp3) is 0.600. The summed E-state index contributed by atoms with van der Waals surface area (Å²) < 4.78 is 26.4. The second-order valence-electron chi connectivity index (χ2n) is 7.69. The van der Waals surface area contributed by atoms with Crippen LogP contribution in [0.5, 0.6) is 0 Å². The number of amides is 2. The lowest BCUT2D eigenvalue weighted by Crippen LogP contribution is -2.47. The first-order valence-electron chi connectivity index (χ1n) is 9.95. The highest BCUT2D eigenvalue weighted by molar-refractivity contribution is 5.85. The minimum atomic E-state index is -0.655. The van der Waals surface area contributed by atoms with Gasteiger partial charge < -0.3 is 16.0 Å². The van der Waals surface area contributed by atoms with Crippen molar-refractivity contribution in [3.63, 3.8) is 0 Å². The van der Waals surface area contributed by atoms with E-state index in [-0.39, 0.29) is 43.4 Å². The molecular weight excluding hydrogens is 402 g/mol. The third-order valence-corrected chi connectivity index (χ3v) is 5.32. The van der Waals surface area contributed by atoms with Crippen molar-refractivity contribution >= 4 is 24.2 Å². The smallest absolute Gasteiger partial charge is 0.237 e. The van der Waals surface area contributed by atoms with Gasteiger partial charge in [-0.15, -0.1) is 12.4 Å². The molecule has 2 amide bonds. The molecule has 3 rings (SSSR count). The summed E-state index contributed by atoms with van der Waals surface area (Å²) in [7, 11) is 0. The summed E-state index contributed by atoms with van der Waals surface area (Å²) in [6.45, 7) is 3.43. The molecule has 0 radical (unpaired) electrons. The Hall–Kier alpha value is -1.77. The zero-order valence-electron chi connectivity index (χ0n) is 16.4. The molecule has 0 aliphatic carbocycles. The lowest BCUT2D eigenvalue weighted by molar-refractivity contribution is -0.124. The van der Waals surface area contributed by atoms with Crippen LogP contribution in [0.25, 0.3) is 0 Å². The van der Waals surface area contributed by atoms with E-state index >= 15 is 0 Å². The first-order chi connectivity index (χ1) is 13.5. The highest BCUT2D eigenvalue weighted by Gasteiger charge is 2.25. The minimum absolute atomic E-state index is 0. The lowest BCUT2D eigenvalue weighted by atomic mass is 9.98. The van der Waals surface area contributed by atoms with E-state index < -0.39 is 11.6 Å². The quantitative estimate of drug-likeness (QED) is 0.614. The number of hydrogen-bond acceptors (Lipinski definition) is 4. The predicted molar refractivity (Wildman–Crippen MR) is 109 cm³/mol. The third kappa shape index (κ3) is 7.53. The van der Waals surface area contributed by atoms with Crippen LogP contribution in [0.1, 0.15) is 31.2 Å². The van der Waals surface area contributed by atoms with Crippen LogP contribution in [0.4, 0.5) is 8.78 Å². The summed E-state index contributed by atoms with van der Waals surface area (Å²) in [6, 6.07) is 3.16. The Kier molecular flexibility index (Phi) is 9.26. The number of hydrogen-bond donors (Lipinski definition) is 3. The number of halogens is 3. The molecule has 0 aromatic heterocycles. The van der Waals surface area contributed by atoms with Crippen LogP contribution in [0.3, 0.4) is 0 Å². The van der Waals surface area contributed by atoms with Gasteiger partial charge in [0.2, 0.25) is 11.8 Å². The number of likely N-dealkylation sites (tertiary alicyclic amines) is 1. The highest BCUT2D eigenvalue weighted by Crippen LogP contribution is 2.16. The van der Waals surface area contributed by atoms with Crippen molar-refractivity contribution in [1.82, 2.24) is 20.9 Å². The Morgan fingerprint density at radius 3 is 2.55 bits per heavy atom. The van der Waals surface area contributed by atoms with Crippen LogP contribution in [0.15, 0.2) is 18.2 Å². The number of carbonyl (C=O) groups excluding carboxylic acids is 2. The van der Waals surface area contributed by atoms with Crippen LogP contribution in [0.2, 0.25) is 0 Å². The normalized spacial score (nSPS) is 22.0. The zero-order valence-corrected chi connectivity index (χ0v) is 17.2. The van der Waals surface area contributed by atoms with Crippen LogP contribution in [0, 0.1) is 17.6 Å². The van der Waals surface area contributed by atoms with Crippen molar-refractivity contribution < 1.29 is 18.4 Å². The van der Waals surface area contributed by atoms with E-state index in [0.29, 0.717) is 18.0 Å². The van der Waals surface area contributed by atoms with Crippen molar-refractivity contribution in [2.45, 2.75) is 38.3 Å². The SMILES string of the molecule is Cl.O=C(CN1CCCC(CNC(=O)C2CCCN2)C1)NCc1cc(F)cc(F)c1. The summed E-state index contributed by atoms with van der Waals surface area (Å²) in [4.78, 5) is 26.4. The highest BCUT2D eigenvalue weighted by atomic mass is 35.5. The lowest BCUT2D eigenvalue weighted by Gasteiger charge is -2.32. The molecule has 2 unspecified atom stereocenters. The summed E-state index contributed by atoms with van der Waals surface area (Å²) in [5, 5.41) is 8.93. The summed E-state index contributed by atoms with van der Waals surface area (Å²) in [6.07, 6.45) is 3.92. The molecule has 1 aromatic carbocycles. The maximum Gasteiger partial charge on any atom is 0.237 e. The molecule has 2 fully saturated rings. The molecule has 9 heteroatoms. The monoisotopic (exact) mass is 430 g/mol. The summed E-state index contributed by atoms with van der Waals surface area (Å²) in [5.74, 6) is -1.10. The summed E-state index contributed by atoms with van der Waals surface area (Å²) >= 11 is 0. The molecule has 162 valence electrons. The number of benzene rings is 1. The van der Waals surface area contributed by atoms with E-state index in [1.165, 1.54) is 12.1 Å². The molecule has 6 nitrogen and oxygen atoms in total. The minimum Gasteiger partial charge on any atom is -0.354 e. The first-order valence-corrected chi connectivity index (χ1v) is 9.95. The van der Waals surface area contributed by atoms with Crippen molar-refractivity contribution in [3.8, 4) is 0 Å². The summed E-state index contributed by atoms with van der Waals surface area (Å²) in [5.41, 5.74) is 0.394. The molecule has 0 bridgehead atoms. The van der Waals surface area contributed by atoms with Crippen molar-refractivity contribution in [2.75, 3.05) is 32.7 Å². The largest absolute Gasteiger partial charge is 0.354 e. The van der Waals surface area contributed by atoms with Gasteiger partial charge >= 0.3 is 0 Å². The van der Waals surface area contributed by atoms with Gasteiger partial charge in [0, 0.05) is 25.7 Å². The van der Waals surface area contributed by atoms with E-state index in [0.717, 1.165) is 51.4 Å². The van der Waals surface area contributed by atoms with E-state index in [9.17, 15) is 18.4 Å². The molecule has 3 N–H and O–H groups in total. The molecule has 1 aromatic rings. The number of nitrogens with zero attached hydrogens (tertiary/aromatic N) is 1. The standard InChI is InChI=1S/C20H28F2N4O2.ClH/c21-16-7-15(8-17(22)9-16)11-24-19(27)13-26-6-2-3-14(12-26)10-25-20(28)18-4-1-5-23-18;/h7-9,14,18,23H,1-6,10-13H2,(H,24,27)(H,25,28);1H.